The summed E-state index contributed by atoms with van der Waals surface area (Å²) in [6.45, 7) is 4.64. The Morgan fingerprint density at radius 2 is 2.11 bits per heavy atom. The number of rotatable bonds is 12. The molecule has 0 aromatic heterocycles. The van der Waals surface area contributed by atoms with Crippen LogP contribution in [0.3, 0.4) is 0 Å². The Balaban J connectivity index is 3.00. The van der Waals surface area contributed by atoms with E-state index in [9.17, 15) is 24.6 Å². The molecule has 9 atom stereocenters. The van der Waals surface area contributed by atoms with E-state index in [-0.39, 0.29) is 12.6 Å². The molecule has 3 N–H and O–H groups in total. The van der Waals surface area contributed by atoms with Crippen LogP contribution in [0.25, 0.3) is 0 Å². The van der Waals surface area contributed by atoms with Gasteiger partial charge in [0, 0.05) is 20.2 Å². The highest BCUT2D eigenvalue weighted by Gasteiger charge is 2.48. The minimum absolute atomic E-state index is 0.0945. The van der Waals surface area contributed by atoms with E-state index in [1.807, 2.05) is 0 Å². The molecule has 1 heterocycles. The van der Waals surface area contributed by atoms with Crippen LogP contribution in [0, 0.1) is 6.92 Å². The second-order valence-corrected chi connectivity index (χ2v) is 6.42. The van der Waals surface area contributed by atoms with E-state index in [4.69, 9.17) is 23.7 Å². The Morgan fingerprint density at radius 1 is 1.43 bits per heavy atom. The summed E-state index contributed by atoms with van der Waals surface area (Å²) in [5.74, 6) is -0.406. The van der Waals surface area contributed by atoms with Crippen molar-refractivity contribution in [3.05, 3.63) is 6.92 Å². The van der Waals surface area contributed by atoms with Crippen molar-refractivity contribution in [1.29, 1.82) is 0 Å². The van der Waals surface area contributed by atoms with Crippen LogP contribution in [-0.2, 0) is 38.1 Å². The van der Waals surface area contributed by atoms with Crippen molar-refractivity contribution in [2.45, 2.75) is 56.1 Å². The molecule has 160 valence electrons. The molecule has 0 saturated carbocycles. The van der Waals surface area contributed by atoms with Gasteiger partial charge in [0.15, 0.2) is 18.7 Å². The first-order valence-electron chi connectivity index (χ1n) is 8.45. The molecule has 0 aliphatic carbocycles. The third-order valence-electron chi connectivity index (χ3n) is 4.02. The van der Waals surface area contributed by atoms with Gasteiger partial charge in [-0.25, -0.2) is 0 Å². The minimum atomic E-state index is -1.40. The summed E-state index contributed by atoms with van der Waals surface area (Å²) in [6.07, 6.45) is -7.37. The van der Waals surface area contributed by atoms with Crippen molar-refractivity contribution < 1.29 is 48.3 Å². The summed E-state index contributed by atoms with van der Waals surface area (Å²) in [6, 6.07) is -0.854. The molecule has 0 aromatic carbocycles. The van der Waals surface area contributed by atoms with Gasteiger partial charge in [-0.05, 0) is 0 Å². The molecule has 0 radical (unpaired) electrons. The number of hydrogen-bond donors (Lipinski definition) is 3. The minimum Gasteiger partial charge on any atom is -0.434 e. The highest BCUT2D eigenvalue weighted by atomic mass is 31.0. The normalized spacial score (nSPS) is 30.7. The fourth-order valence-electron chi connectivity index (χ4n) is 2.69. The number of ether oxygens (including phenoxy) is 5. The number of methoxy groups -OCH3 is 1. The maximum Gasteiger partial charge on any atom is 0.295 e. The van der Waals surface area contributed by atoms with E-state index in [1.54, 1.807) is 0 Å². The predicted octanol–water partition coefficient (Wildman–Crippen LogP) is -2.24. The Kier molecular flexibility index (Phi) is 10.8. The Bertz CT molecular complexity index is 510. The van der Waals surface area contributed by atoms with E-state index in [2.05, 4.69) is 21.5 Å². The zero-order valence-electron chi connectivity index (χ0n) is 15.6. The smallest absolute Gasteiger partial charge is 0.295 e. The molecule has 1 rings (SSSR count). The van der Waals surface area contributed by atoms with Crippen LogP contribution in [0.5, 0.6) is 0 Å². The third kappa shape index (κ3) is 6.63. The molecule has 28 heavy (non-hydrogen) atoms. The highest BCUT2D eigenvalue weighted by molar-refractivity contribution is 7.16. The summed E-state index contributed by atoms with van der Waals surface area (Å²) < 4.78 is 26.3. The fraction of sp³-hybridized carbons (Fsp3) is 0.750. The number of aliphatic hydroxyl groups excluding tert-OH is 2. The number of aliphatic hydroxyl groups is 2. The summed E-state index contributed by atoms with van der Waals surface area (Å²) in [4.78, 5) is 33.3. The summed E-state index contributed by atoms with van der Waals surface area (Å²) in [5, 5.41) is 22.5. The average molecular weight is 424 g/mol. The van der Waals surface area contributed by atoms with Crippen molar-refractivity contribution in [3.8, 4) is 0 Å². The average Bonchev–Trinajstić information content (AvgIpc) is 2.66. The lowest BCUT2D eigenvalue weighted by Crippen LogP contribution is -2.65. The van der Waals surface area contributed by atoms with Gasteiger partial charge in [0.25, 0.3) is 6.47 Å². The Labute approximate surface area is 165 Å². The Hall–Kier alpha value is -1.33. The molecule has 12 heteroatoms. The van der Waals surface area contributed by atoms with Crippen molar-refractivity contribution in [1.82, 2.24) is 5.32 Å². The number of aldehydes is 1. The van der Waals surface area contributed by atoms with Gasteiger partial charge in [0.05, 0.1) is 13.5 Å². The van der Waals surface area contributed by atoms with Gasteiger partial charge in [-0.3, -0.25) is 9.59 Å². The van der Waals surface area contributed by atoms with Gasteiger partial charge < -0.3 is 44.0 Å². The number of carbonyl (C=O) groups is 3. The SMILES string of the molecule is [CH2+][C@@H]1OC(CO)[C@H](O)C(O[C@@H](CP)OC(OC=O)C(C=O)OC)C1NC(C)=O. The lowest BCUT2D eigenvalue weighted by atomic mass is 9.93. The molecule has 1 aliphatic rings. The van der Waals surface area contributed by atoms with Gasteiger partial charge in [-0.15, -0.1) is 9.24 Å². The first-order valence-corrected chi connectivity index (χ1v) is 9.27. The van der Waals surface area contributed by atoms with Crippen LogP contribution in [0.2, 0.25) is 0 Å². The van der Waals surface area contributed by atoms with E-state index >= 15 is 0 Å². The summed E-state index contributed by atoms with van der Waals surface area (Å²) >= 11 is 0. The van der Waals surface area contributed by atoms with Crippen molar-refractivity contribution in [2.75, 3.05) is 19.9 Å². The van der Waals surface area contributed by atoms with E-state index in [0.29, 0.717) is 6.29 Å². The predicted molar refractivity (Wildman–Crippen MR) is 96.8 cm³/mol. The zero-order chi connectivity index (χ0) is 21.3. The molecular weight excluding hydrogens is 397 g/mol. The second-order valence-electron chi connectivity index (χ2n) is 5.95. The number of amides is 1. The molecule has 0 bridgehead atoms. The van der Waals surface area contributed by atoms with Gasteiger partial charge in [0.1, 0.15) is 24.4 Å². The molecule has 0 aromatic rings. The largest absolute Gasteiger partial charge is 0.434 e. The van der Waals surface area contributed by atoms with Gasteiger partial charge in [-0.2, -0.15) is 0 Å². The lowest BCUT2D eigenvalue weighted by molar-refractivity contribution is -0.288. The van der Waals surface area contributed by atoms with Crippen molar-refractivity contribution >= 4 is 27.9 Å². The van der Waals surface area contributed by atoms with Crippen LogP contribution < -0.4 is 5.32 Å². The number of hydrogen-bond acceptors (Lipinski definition) is 10. The van der Waals surface area contributed by atoms with Crippen molar-refractivity contribution in [3.63, 3.8) is 0 Å². The molecule has 1 aliphatic heterocycles. The topological polar surface area (TPSA) is 150 Å². The van der Waals surface area contributed by atoms with Crippen LogP contribution in [0.15, 0.2) is 0 Å². The van der Waals surface area contributed by atoms with E-state index in [0.717, 1.165) is 0 Å². The molecule has 0 spiro atoms. The quantitative estimate of drug-likeness (QED) is 0.136. The van der Waals surface area contributed by atoms with Crippen LogP contribution in [-0.4, -0.2) is 97.9 Å². The molecule has 1 amide bonds. The summed E-state index contributed by atoms with van der Waals surface area (Å²) in [7, 11) is 3.58. The zero-order valence-corrected chi connectivity index (χ0v) is 16.8. The van der Waals surface area contributed by atoms with Crippen LogP contribution in [0.4, 0.5) is 0 Å². The van der Waals surface area contributed by atoms with E-state index < -0.39 is 61.7 Å². The molecule has 6 unspecified atom stereocenters. The van der Waals surface area contributed by atoms with Gasteiger partial charge in [0.2, 0.25) is 18.3 Å². The Morgan fingerprint density at radius 3 is 2.57 bits per heavy atom. The fourth-order valence-corrected chi connectivity index (χ4v) is 2.91. The first kappa shape index (κ1) is 24.7. The molecule has 1 fully saturated rings. The number of carbonyl (C=O) groups excluding carboxylic acids is 3. The standard InChI is InChI=1S/C16H26NO10P/c1-8-13(17-9(2)21)15(14(22)10(4-18)25-8)26-12(6-28)27-16(24-7-20)11(5-19)23-3/h5,7-8,10-16,18,22H,1,4,6,28H2,2-3H3/p+1/t8-,10?,11?,12+,13?,14-,15?,16?/m0/s1. The highest BCUT2D eigenvalue weighted by Crippen LogP contribution is 2.25. The van der Waals surface area contributed by atoms with Crippen LogP contribution in [0.1, 0.15) is 6.92 Å². The van der Waals surface area contributed by atoms with Gasteiger partial charge in [-0.1, -0.05) is 0 Å². The van der Waals surface area contributed by atoms with E-state index in [1.165, 1.54) is 14.0 Å². The third-order valence-corrected chi connectivity index (χ3v) is 4.41. The maximum atomic E-state index is 11.5. The second kappa shape index (κ2) is 12.3. The number of nitrogens with one attached hydrogen (secondary N) is 1. The summed E-state index contributed by atoms with van der Waals surface area (Å²) in [5.41, 5.74) is 0. The van der Waals surface area contributed by atoms with Crippen molar-refractivity contribution in [2.24, 2.45) is 0 Å². The maximum absolute atomic E-state index is 11.5. The van der Waals surface area contributed by atoms with Gasteiger partial charge >= 0.3 is 0 Å². The lowest BCUT2D eigenvalue weighted by Gasteiger charge is -2.42. The first-order chi connectivity index (χ1) is 13.3. The van der Waals surface area contributed by atoms with Crippen LogP contribution >= 0.6 is 9.24 Å². The molecular formula is C16H27NO10P+. The monoisotopic (exact) mass is 424 g/mol. The molecule has 1 saturated heterocycles. The molecule has 11 nitrogen and oxygen atoms in total.